The molecule has 3 heterocycles. The van der Waals surface area contributed by atoms with Crippen LogP contribution in [-0.2, 0) is 7.05 Å². The summed E-state index contributed by atoms with van der Waals surface area (Å²) >= 11 is 0. The third kappa shape index (κ3) is 5.28. The number of carbonyl (C=O) groups is 1. The standard InChI is InChI=1S/C25H28N8O2/c1-5-21(34)18-13-28-23(31-22-10-9-16(12-27-22)15(2)26)11-20(18)30-19-8-6-7-17(24(19)35-4)25-29-14-33(3)32-25/h6-15H,5,26H2,1-4H3,(H2,27,28,30,31). The van der Waals surface area contributed by atoms with E-state index in [1.165, 1.54) is 0 Å². The van der Waals surface area contributed by atoms with Gasteiger partial charge >= 0.3 is 0 Å². The van der Waals surface area contributed by atoms with E-state index in [1.807, 2.05) is 44.2 Å². The lowest BCUT2D eigenvalue weighted by atomic mass is 10.1. The molecule has 0 aliphatic rings. The van der Waals surface area contributed by atoms with Crippen molar-refractivity contribution in [2.75, 3.05) is 17.7 Å². The topological polar surface area (TPSA) is 133 Å². The monoisotopic (exact) mass is 472 g/mol. The fourth-order valence-corrected chi connectivity index (χ4v) is 3.56. The first-order chi connectivity index (χ1) is 16.9. The Kier molecular flexibility index (Phi) is 7.02. The van der Waals surface area contributed by atoms with Crippen molar-refractivity contribution < 1.29 is 9.53 Å². The lowest BCUT2D eigenvalue weighted by Gasteiger charge is -2.17. The molecule has 4 aromatic rings. The number of hydrogen-bond donors (Lipinski definition) is 3. The highest BCUT2D eigenvalue weighted by molar-refractivity contribution is 6.02. The first-order valence-corrected chi connectivity index (χ1v) is 11.2. The third-order valence-corrected chi connectivity index (χ3v) is 5.42. The first kappa shape index (κ1) is 23.8. The number of anilines is 4. The summed E-state index contributed by atoms with van der Waals surface area (Å²) in [5.41, 5.74) is 9.30. The zero-order chi connectivity index (χ0) is 24.9. The zero-order valence-electron chi connectivity index (χ0n) is 20.1. The minimum Gasteiger partial charge on any atom is -0.494 e. The number of carbonyl (C=O) groups excluding carboxylic acids is 1. The van der Waals surface area contributed by atoms with Gasteiger partial charge in [0.25, 0.3) is 0 Å². The molecule has 10 nitrogen and oxygen atoms in total. The van der Waals surface area contributed by atoms with Crippen molar-refractivity contribution in [1.29, 1.82) is 0 Å². The Morgan fingerprint density at radius 1 is 1.09 bits per heavy atom. The van der Waals surface area contributed by atoms with Crippen molar-refractivity contribution in [2.24, 2.45) is 12.8 Å². The lowest BCUT2D eigenvalue weighted by Crippen LogP contribution is -2.07. The number of pyridine rings is 2. The smallest absolute Gasteiger partial charge is 0.184 e. The normalized spacial score (nSPS) is 11.7. The summed E-state index contributed by atoms with van der Waals surface area (Å²) in [5.74, 6) is 2.21. The second-order valence-corrected chi connectivity index (χ2v) is 8.04. The van der Waals surface area contributed by atoms with E-state index in [0.29, 0.717) is 46.6 Å². The number of benzene rings is 1. The van der Waals surface area contributed by atoms with Crippen molar-refractivity contribution >= 4 is 28.8 Å². The highest BCUT2D eigenvalue weighted by atomic mass is 16.5. The second-order valence-electron chi connectivity index (χ2n) is 8.04. The molecule has 3 aromatic heterocycles. The summed E-state index contributed by atoms with van der Waals surface area (Å²) in [6, 6.07) is 11.1. The van der Waals surface area contributed by atoms with Crippen molar-refractivity contribution in [3.63, 3.8) is 0 Å². The minimum atomic E-state index is -0.100. The van der Waals surface area contributed by atoms with Gasteiger partial charge < -0.3 is 21.1 Å². The van der Waals surface area contributed by atoms with Gasteiger partial charge in [0.1, 0.15) is 18.0 Å². The van der Waals surface area contributed by atoms with Crippen molar-refractivity contribution in [1.82, 2.24) is 24.7 Å². The van der Waals surface area contributed by atoms with Crippen LogP contribution < -0.4 is 21.1 Å². The van der Waals surface area contributed by atoms with Crippen molar-refractivity contribution in [2.45, 2.75) is 26.3 Å². The van der Waals surface area contributed by atoms with Crippen molar-refractivity contribution in [3.05, 3.63) is 66.2 Å². The molecular weight excluding hydrogens is 444 g/mol. The summed E-state index contributed by atoms with van der Waals surface area (Å²) in [6.45, 7) is 3.72. The molecule has 0 fully saturated rings. The van der Waals surface area contributed by atoms with Gasteiger partial charge in [0, 0.05) is 38.0 Å². The molecule has 0 aliphatic carbocycles. The van der Waals surface area contributed by atoms with Crippen LogP contribution in [0, 0.1) is 0 Å². The van der Waals surface area contributed by atoms with Crippen LogP contribution in [0.5, 0.6) is 5.75 Å². The van der Waals surface area contributed by atoms with Crippen LogP contribution in [0.3, 0.4) is 0 Å². The summed E-state index contributed by atoms with van der Waals surface area (Å²) in [6.07, 6.45) is 5.26. The van der Waals surface area contributed by atoms with E-state index in [-0.39, 0.29) is 11.8 Å². The van der Waals surface area contributed by atoms with E-state index < -0.39 is 0 Å². The molecule has 0 spiro atoms. The SMILES string of the molecule is CCC(=O)c1cnc(Nc2ccc(C(C)N)cn2)cc1Nc1cccc(-c2ncn(C)n2)c1OC. The predicted octanol–water partition coefficient (Wildman–Crippen LogP) is 4.38. The van der Waals surface area contributed by atoms with Gasteiger partial charge in [-0.2, -0.15) is 5.10 Å². The van der Waals surface area contributed by atoms with Crippen LogP contribution >= 0.6 is 0 Å². The third-order valence-electron chi connectivity index (χ3n) is 5.42. The number of hydrogen-bond acceptors (Lipinski definition) is 9. The van der Waals surface area contributed by atoms with Gasteiger partial charge in [-0.1, -0.05) is 19.1 Å². The van der Waals surface area contributed by atoms with E-state index in [4.69, 9.17) is 10.5 Å². The number of nitrogens with two attached hydrogens (primary N) is 1. The average molecular weight is 473 g/mol. The molecule has 0 aliphatic heterocycles. The largest absolute Gasteiger partial charge is 0.494 e. The maximum absolute atomic E-state index is 12.7. The molecule has 180 valence electrons. The first-order valence-electron chi connectivity index (χ1n) is 11.2. The zero-order valence-corrected chi connectivity index (χ0v) is 20.1. The van der Waals surface area contributed by atoms with Gasteiger partial charge in [-0.25, -0.2) is 15.0 Å². The number of ether oxygens (including phenoxy) is 1. The molecule has 35 heavy (non-hydrogen) atoms. The number of methoxy groups -OCH3 is 1. The summed E-state index contributed by atoms with van der Waals surface area (Å²) < 4.78 is 7.33. The number of Topliss-reactive ketones (excluding diaryl/α,β-unsaturated/α-hetero) is 1. The summed E-state index contributed by atoms with van der Waals surface area (Å²) in [4.78, 5) is 25.8. The Hall–Kier alpha value is -4.31. The Balaban J connectivity index is 1.69. The number of nitrogens with zero attached hydrogens (tertiary/aromatic N) is 5. The lowest BCUT2D eigenvalue weighted by molar-refractivity contribution is 0.0988. The molecule has 0 saturated carbocycles. The van der Waals surface area contributed by atoms with Crippen molar-refractivity contribution in [3.8, 4) is 17.1 Å². The molecule has 10 heteroatoms. The average Bonchev–Trinajstić information content (AvgIpc) is 3.30. The molecular formula is C25H28N8O2. The summed E-state index contributed by atoms with van der Waals surface area (Å²) in [5, 5.41) is 10.9. The van der Waals surface area contributed by atoms with E-state index in [2.05, 4.69) is 30.7 Å². The van der Waals surface area contributed by atoms with E-state index >= 15 is 0 Å². The van der Waals surface area contributed by atoms with Gasteiger partial charge in [0.05, 0.1) is 29.6 Å². The molecule has 1 atom stereocenters. The quantitative estimate of drug-likeness (QED) is 0.303. The molecule has 0 bridgehead atoms. The highest BCUT2D eigenvalue weighted by Crippen LogP contribution is 2.37. The van der Waals surface area contributed by atoms with Crippen LogP contribution in [0.2, 0.25) is 0 Å². The number of aromatic nitrogens is 5. The Labute approximate surface area is 203 Å². The van der Waals surface area contributed by atoms with Crippen LogP contribution in [0.25, 0.3) is 11.4 Å². The molecule has 4 rings (SSSR count). The highest BCUT2D eigenvalue weighted by Gasteiger charge is 2.18. The molecule has 0 amide bonds. The molecule has 0 radical (unpaired) electrons. The maximum atomic E-state index is 12.7. The predicted molar refractivity (Wildman–Crippen MR) is 135 cm³/mol. The summed E-state index contributed by atoms with van der Waals surface area (Å²) in [7, 11) is 3.39. The number of para-hydroxylation sites is 1. The van der Waals surface area contributed by atoms with Gasteiger partial charge in [-0.15, -0.1) is 0 Å². The molecule has 1 aromatic carbocycles. The van der Waals surface area contributed by atoms with Crippen LogP contribution in [0.4, 0.5) is 23.0 Å². The number of aryl methyl sites for hydroxylation is 1. The van der Waals surface area contributed by atoms with Gasteiger partial charge in [-0.05, 0) is 30.7 Å². The molecule has 4 N–H and O–H groups in total. The number of nitrogens with one attached hydrogen (secondary N) is 2. The second kappa shape index (κ2) is 10.3. The number of ketones is 1. The Morgan fingerprint density at radius 2 is 1.89 bits per heavy atom. The van der Waals surface area contributed by atoms with Crippen LogP contribution in [0.1, 0.15) is 42.2 Å². The number of rotatable bonds is 9. The molecule has 1 unspecified atom stereocenters. The Bertz CT molecular complexity index is 1330. The van der Waals surface area contributed by atoms with Crippen LogP contribution in [0.15, 0.2) is 55.1 Å². The van der Waals surface area contributed by atoms with Crippen LogP contribution in [-0.4, -0.2) is 37.6 Å². The van der Waals surface area contributed by atoms with Gasteiger partial charge in [-0.3, -0.25) is 9.48 Å². The Morgan fingerprint density at radius 3 is 2.51 bits per heavy atom. The minimum absolute atomic E-state index is 0.0347. The van der Waals surface area contributed by atoms with E-state index in [0.717, 1.165) is 11.1 Å². The fourth-order valence-electron chi connectivity index (χ4n) is 3.56. The van der Waals surface area contributed by atoms with Gasteiger partial charge in [0.2, 0.25) is 0 Å². The fraction of sp³-hybridized carbons (Fsp3) is 0.240. The molecule has 0 saturated heterocycles. The maximum Gasteiger partial charge on any atom is 0.184 e. The van der Waals surface area contributed by atoms with E-state index in [1.54, 1.807) is 43.6 Å². The van der Waals surface area contributed by atoms with Gasteiger partial charge in [0.15, 0.2) is 17.4 Å². The van der Waals surface area contributed by atoms with E-state index in [9.17, 15) is 4.79 Å².